The van der Waals surface area contributed by atoms with Crippen LogP contribution >= 0.6 is 17.0 Å². The summed E-state index contributed by atoms with van der Waals surface area (Å²) in [5.41, 5.74) is 18.1. The molecule has 0 aromatic heterocycles. The molecule has 0 heterocycles. The van der Waals surface area contributed by atoms with Gasteiger partial charge in [-0.1, -0.05) is 0 Å². The molecule has 4 aromatic carbocycles. The zero-order valence-corrected chi connectivity index (χ0v) is 40.8. The van der Waals surface area contributed by atoms with Crippen LogP contribution in [-0.4, -0.2) is 5.92 Å². The van der Waals surface area contributed by atoms with Gasteiger partial charge in [-0.2, -0.15) is 0 Å². The number of fused-ring (bicyclic) bond motifs is 6. The first-order valence-corrected chi connectivity index (χ1v) is 39.5. The van der Waals surface area contributed by atoms with E-state index in [2.05, 4.69) is 124 Å². The van der Waals surface area contributed by atoms with Crippen LogP contribution < -0.4 is 0 Å². The number of halogens is 2. The van der Waals surface area contributed by atoms with E-state index in [1.807, 2.05) is 0 Å². The Bertz CT molecular complexity index is 2110. The van der Waals surface area contributed by atoms with Gasteiger partial charge in [0.05, 0.1) is 0 Å². The first-order valence-electron chi connectivity index (χ1n) is 23.5. The molecular weight excluding hydrogens is 839 g/mol. The third-order valence-electron chi connectivity index (χ3n) is 17.3. The number of hydrogen-bond acceptors (Lipinski definition) is 0. The molecule has 3 atom stereocenters. The van der Waals surface area contributed by atoms with E-state index in [0.717, 1.165) is 24.7 Å². The van der Waals surface area contributed by atoms with E-state index in [9.17, 15) is 17.0 Å². The van der Waals surface area contributed by atoms with Crippen molar-refractivity contribution in [2.24, 2.45) is 22.7 Å². The molecule has 0 nitrogen and oxygen atoms in total. The molecule has 4 aromatic rings. The Balaban J connectivity index is 1.19. The van der Waals surface area contributed by atoms with Crippen LogP contribution in [0.1, 0.15) is 145 Å². The van der Waals surface area contributed by atoms with Gasteiger partial charge in [0.25, 0.3) is 0 Å². The van der Waals surface area contributed by atoms with Crippen LogP contribution in [0, 0.1) is 22.7 Å². The zero-order valence-electron chi connectivity index (χ0n) is 35.7. The topological polar surface area (TPSA) is 0 Å². The summed E-state index contributed by atoms with van der Waals surface area (Å²) < 4.78 is 0.308. The van der Waals surface area contributed by atoms with E-state index in [1.54, 1.807) is 11.1 Å². The van der Waals surface area contributed by atoms with Crippen molar-refractivity contribution < 1.29 is 15.6 Å². The van der Waals surface area contributed by atoms with Gasteiger partial charge in [-0.05, 0) is 0 Å². The van der Waals surface area contributed by atoms with E-state index >= 15 is 0 Å². The number of rotatable bonds is 13. The molecule has 0 aliphatic heterocycles. The molecule has 4 fully saturated rings. The molecule has 4 saturated carbocycles. The standard InChI is InChI=1S/2C25H27.C4H11Si.2ClH.Zr/c2*1-2-18-6-8-21(9-7-18)23-5-3-4-22-14-20(15-24(22)23)17-25-12-10-19(16-25)11-13-25;1-3-4-5-2;;;/h2*3-9,14-15,19H,2,10-13,16-17H2,1H3;5H,3-4H2,1-2H3;2*1H;/q;;;;;+2/p-2. The fourth-order valence-electron chi connectivity index (χ4n) is 14.3. The Morgan fingerprint density at radius 3 is 1.34 bits per heavy atom. The Morgan fingerprint density at radius 2 is 1.00 bits per heavy atom. The van der Waals surface area contributed by atoms with Gasteiger partial charge in [-0.15, -0.1) is 0 Å². The summed E-state index contributed by atoms with van der Waals surface area (Å²) >= 11 is -5.10. The Morgan fingerprint density at radius 1 is 0.586 bits per heavy atom. The van der Waals surface area contributed by atoms with Gasteiger partial charge in [-0.3, -0.25) is 0 Å². The summed E-state index contributed by atoms with van der Waals surface area (Å²) in [4.78, 5) is 0. The molecule has 58 heavy (non-hydrogen) atoms. The summed E-state index contributed by atoms with van der Waals surface area (Å²) in [7, 11) is 18.8. The summed E-state index contributed by atoms with van der Waals surface area (Å²) in [5, 5.41) is 0. The fourth-order valence-corrected chi connectivity index (χ4v) is 55.5. The van der Waals surface area contributed by atoms with E-state index in [4.69, 9.17) is 0 Å². The van der Waals surface area contributed by atoms with Gasteiger partial charge in [-0.25, -0.2) is 0 Å². The Hall–Kier alpha value is -1.96. The van der Waals surface area contributed by atoms with Crippen LogP contribution in [0.2, 0.25) is 12.6 Å². The van der Waals surface area contributed by atoms with Gasteiger partial charge in [0, 0.05) is 0 Å². The summed E-state index contributed by atoms with van der Waals surface area (Å²) in [6, 6.07) is 34.5. The van der Waals surface area contributed by atoms with Crippen LogP contribution in [0.3, 0.4) is 0 Å². The van der Waals surface area contributed by atoms with Crippen LogP contribution in [0.25, 0.3) is 34.4 Å². The summed E-state index contributed by atoms with van der Waals surface area (Å²) in [5.74, 6) is 0.106. The summed E-state index contributed by atoms with van der Waals surface area (Å²) in [6.45, 7) is 9.56. The SMILES string of the molecule is CCC[SiH](C)[Zr]([Cl])([Cl])([CH]1C(CC23CCC(CC2)C3)=Cc2c(-c3ccc(CC)cc3)cccc21)[CH]1C(CC23CCC(CC2)C3)=Cc2c(-c3ccc(CC)cc3)cccc21. The molecule has 0 N–H and O–H groups in total. The second kappa shape index (κ2) is 15.1. The predicted molar refractivity (Wildman–Crippen MR) is 251 cm³/mol. The summed E-state index contributed by atoms with van der Waals surface area (Å²) in [6.07, 6.45) is 25.0. The minimum absolute atomic E-state index is 0.154. The Labute approximate surface area is 359 Å². The molecule has 3 unspecified atom stereocenters. The fraction of sp³-hybridized carbons (Fsp3) is 0.481. The van der Waals surface area contributed by atoms with Crippen molar-refractivity contribution in [2.45, 2.75) is 137 Å². The normalized spacial score (nSPS) is 29.2. The van der Waals surface area contributed by atoms with E-state index < -0.39 is 21.5 Å². The van der Waals surface area contributed by atoms with E-state index in [0.29, 0.717) is 10.8 Å². The van der Waals surface area contributed by atoms with Crippen molar-refractivity contribution in [3.8, 4) is 22.3 Å². The van der Waals surface area contributed by atoms with Gasteiger partial charge in [0.2, 0.25) is 0 Å². The van der Waals surface area contributed by atoms with Crippen LogP contribution in [-0.2, 0) is 28.4 Å². The van der Waals surface area contributed by atoms with Crippen LogP contribution in [0.4, 0.5) is 0 Å². The minimum atomic E-state index is -5.10. The number of allylic oxidation sites excluding steroid dienone is 2. The van der Waals surface area contributed by atoms with Crippen molar-refractivity contribution >= 4 is 35.1 Å². The monoisotopic (exact) mass is 901 g/mol. The second-order valence-corrected chi connectivity index (χ2v) is 61.9. The average Bonchev–Trinajstić information content (AvgIpc) is 4.11. The molecule has 10 rings (SSSR count). The molecule has 0 spiro atoms. The van der Waals surface area contributed by atoms with Crippen molar-refractivity contribution in [2.75, 3.05) is 0 Å². The molecule has 6 aliphatic carbocycles. The van der Waals surface area contributed by atoms with Gasteiger partial charge in [0.1, 0.15) is 0 Å². The van der Waals surface area contributed by atoms with Crippen LogP contribution in [0.5, 0.6) is 0 Å². The number of aryl methyl sites for hydroxylation is 2. The molecule has 303 valence electrons. The van der Waals surface area contributed by atoms with Crippen molar-refractivity contribution in [1.82, 2.24) is 0 Å². The Kier molecular flexibility index (Phi) is 10.5. The van der Waals surface area contributed by atoms with Crippen molar-refractivity contribution in [3.05, 3.63) is 129 Å². The quantitative estimate of drug-likeness (QED) is 0.117. The number of hydrogen-bond donors (Lipinski definition) is 0. The van der Waals surface area contributed by atoms with E-state index in [-0.39, 0.29) is 7.25 Å². The maximum absolute atomic E-state index is 9.38. The molecule has 4 bridgehead atoms. The molecule has 0 saturated heterocycles. The van der Waals surface area contributed by atoms with Crippen molar-refractivity contribution in [1.29, 1.82) is 0 Å². The van der Waals surface area contributed by atoms with Crippen LogP contribution in [0.15, 0.2) is 96.1 Å². The third-order valence-corrected chi connectivity index (χ3v) is 67.8. The van der Waals surface area contributed by atoms with Crippen molar-refractivity contribution in [3.63, 3.8) is 0 Å². The van der Waals surface area contributed by atoms with E-state index in [1.165, 1.54) is 145 Å². The first-order chi connectivity index (χ1) is 28.1. The predicted octanol–water partition coefficient (Wildman–Crippen LogP) is 16.4. The molecule has 4 heteroatoms. The molecule has 6 aliphatic rings. The molecule has 0 amide bonds. The average molecular weight is 904 g/mol. The van der Waals surface area contributed by atoms with Gasteiger partial charge >= 0.3 is 362 Å². The maximum atomic E-state index is 9.38. The van der Waals surface area contributed by atoms with Gasteiger partial charge < -0.3 is 0 Å². The first kappa shape index (κ1) is 40.1. The third kappa shape index (κ3) is 6.49. The molecular formula is C54H65Cl2SiZr. The number of benzene rings is 4. The van der Waals surface area contributed by atoms with Gasteiger partial charge in [0.15, 0.2) is 0 Å². The second-order valence-electron chi connectivity index (χ2n) is 20.6. The zero-order chi connectivity index (χ0) is 39.9. The molecule has 0 radical (unpaired) electrons.